The number of hydrogen-bond acceptors (Lipinski definition) is 2. The van der Waals surface area contributed by atoms with Crippen LogP contribution in [0.1, 0.15) is 43.2 Å². The summed E-state index contributed by atoms with van der Waals surface area (Å²) >= 11 is 0. The van der Waals surface area contributed by atoms with Crippen molar-refractivity contribution in [3.63, 3.8) is 0 Å². The Balaban J connectivity index is 1.61. The SMILES string of the molecule is FC(F)c1cccc(CNCCCN2CCCCC2)c1. The summed E-state index contributed by atoms with van der Waals surface area (Å²) in [5.74, 6) is 0. The molecule has 0 saturated carbocycles. The van der Waals surface area contributed by atoms with Gasteiger partial charge in [-0.1, -0.05) is 24.6 Å². The summed E-state index contributed by atoms with van der Waals surface area (Å²) in [5.41, 5.74) is 1.04. The van der Waals surface area contributed by atoms with Crippen molar-refractivity contribution < 1.29 is 8.78 Å². The highest BCUT2D eigenvalue weighted by atomic mass is 19.3. The lowest BCUT2D eigenvalue weighted by Crippen LogP contribution is -2.32. The van der Waals surface area contributed by atoms with E-state index in [-0.39, 0.29) is 5.56 Å². The standard InChI is InChI=1S/C16H24F2N2/c17-16(18)15-7-4-6-14(12-15)13-19-8-5-11-20-9-2-1-3-10-20/h4,6-7,12,16,19H,1-3,5,8-11,13H2. The Morgan fingerprint density at radius 3 is 2.70 bits per heavy atom. The molecule has 0 radical (unpaired) electrons. The molecule has 1 heterocycles. The molecular formula is C16H24F2N2. The van der Waals surface area contributed by atoms with E-state index in [1.54, 1.807) is 12.1 Å². The summed E-state index contributed by atoms with van der Waals surface area (Å²) in [6.07, 6.45) is 2.76. The van der Waals surface area contributed by atoms with Crippen LogP contribution in [0, 0.1) is 0 Å². The second kappa shape index (κ2) is 8.32. The van der Waals surface area contributed by atoms with Crippen molar-refractivity contribution in [1.82, 2.24) is 10.2 Å². The van der Waals surface area contributed by atoms with Crippen LogP contribution < -0.4 is 5.32 Å². The molecule has 1 aliphatic rings. The molecule has 1 aliphatic heterocycles. The van der Waals surface area contributed by atoms with E-state index in [1.165, 1.54) is 38.4 Å². The predicted molar refractivity (Wildman–Crippen MR) is 78.0 cm³/mol. The average Bonchev–Trinajstić information content (AvgIpc) is 2.48. The lowest BCUT2D eigenvalue weighted by atomic mass is 10.1. The Morgan fingerprint density at radius 2 is 1.95 bits per heavy atom. The van der Waals surface area contributed by atoms with E-state index in [0.717, 1.165) is 25.1 Å². The summed E-state index contributed by atoms with van der Waals surface area (Å²) in [5, 5.41) is 3.34. The zero-order valence-electron chi connectivity index (χ0n) is 12.0. The number of piperidine rings is 1. The van der Waals surface area contributed by atoms with Gasteiger partial charge in [0, 0.05) is 12.1 Å². The molecule has 2 rings (SSSR count). The van der Waals surface area contributed by atoms with Gasteiger partial charge in [-0.2, -0.15) is 0 Å². The van der Waals surface area contributed by atoms with E-state index >= 15 is 0 Å². The molecule has 0 spiro atoms. The molecule has 0 atom stereocenters. The number of halogens is 2. The third kappa shape index (κ3) is 5.17. The number of hydrogen-bond donors (Lipinski definition) is 1. The van der Waals surface area contributed by atoms with Gasteiger partial charge in [-0.25, -0.2) is 8.78 Å². The predicted octanol–water partition coefficient (Wildman–Crippen LogP) is 3.59. The van der Waals surface area contributed by atoms with Gasteiger partial charge in [-0.3, -0.25) is 0 Å². The summed E-state index contributed by atoms with van der Waals surface area (Å²) in [6.45, 7) is 5.22. The average molecular weight is 282 g/mol. The minimum Gasteiger partial charge on any atom is -0.313 e. The zero-order valence-corrected chi connectivity index (χ0v) is 12.0. The van der Waals surface area contributed by atoms with Crippen molar-refractivity contribution in [2.45, 2.75) is 38.7 Å². The molecule has 0 aromatic heterocycles. The van der Waals surface area contributed by atoms with Crippen molar-refractivity contribution in [2.24, 2.45) is 0 Å². The molecular weight excluding hydrogens is 258 g/mol. The number of nitrogens with zero attached hydrogens (tertiary/aromatic N) is 1. The first-order valence-electron chi connectivity index (χ1n) is 7.56. The molecule has 20 heavy (non-hydrogen) atoms. The van der Waals surface area contributed by atoms with E-state index in [1.807, 2.05) is 6.07 Å². The Bertz CT molecular complexity index is 390. The highest BCUT2D eigenvalue weighted by Gasteiger charge is 2.09. The topological polar surface area (TPSA) is 15.3 Å². The van der Waals surface area contributed by atoms with Gasteiger partial charge in [0.15, 0.2) is 0 Å². The van der Waals surface area contributed by atoms with Crippen LogP contribution >= 0.6 is 0 Å². The lowest BCUT2D eigenvalue weighted by Gasteiger charge is -2.26. The van der Waals surface area contributed by atoms with Crippen molar-refractivity contribution in [2.75, 3.05) is 26.2 Å². The molecule has 1 fully saturated rings. The van der Waals surface area contributed by atoms with Crippen molar-refractivity contribution in [1.29, 1.82) is 0 Å². The van der Waals surface area contributed by atoms with Gasteiger partial charge in [0.05, 0.1) is 0 Å². The molecule has 2 nitrogen and oxygen atoms in total. The first-order valence-corrected chi connectivity index (χ1v) is 7.56. The molecule has 1 aromatic rings. The van der Waals surface area contributed by atoms with Gasteiger partial charge < -0.3 is 10.2 Å². The fourth-order valence-corrected chi connectivity index (χ4v) is 2.68. The first-order chi connectivity index (χ1) is 9.75. The molecule has 0 bridgehead atoms. The molecule has 0 unspecified atom stereocenters. The van der Waals surface area contributed by atoms with Gasteiger partial charge in [-0.15, -0.1) is 0 Å². The second-order valence-electron chi connectivity index (χ2n) is 5.48. The van der Waals surface area contributed by atoms with Crippen molar-refractivity contribution in [3.8, 4) is 0 Å². The maximum atomic E-state index is 12.6. The van der Waals surface area contributed by atoms with Gasteiger partial charge in [0.25, 0.3) is 6.43 Å². The number of likely N-dealkylation sites (tertiary alicyclic amines) is 1. The monoisotopic (exact) mass is 282 g/mol. The summed E-state index contributed by atoms with van der Waals surface area (Å²) in [6, 6.07) is 6.66. The molecule has 112 valence electrons. The van der Waals surface area contributed by atoms with Crippen LogP contribution in [0.25, 0.3) is 0 Å². The molecule has 0 amide bonds. The maximum Gasteiger partial charge on any atom is 0.263 e. The van der Waals surface area contributed by atoms with E-state index in [2.05, 4.69) is 10.2 Å². The number of alkyl halides is 2. The summed E-state index contributed by atoms with van der Waals surface area (Å²) in [7, 11) is 0. The van der Waals surface area contributed by atoms with Crippen molar-refractivity contribution in [3.05, 3.63) is 35.4 Å². The molecule has 1 aromatic carbocycles. The smallest absolute Gasteiger partial charge is 0.263 e. The van der Waals surface area contributed by atoms with Crippen LogP contribution in [-0.2, 0) is 6.54 Å². The zero-order chi connectivity index (χ0) is 14.2. The van der Waals surface area contributed by atoms with Crippen molar-refractivity contribution >= 4 is 0 Å². The lowest BCUT2D eigenvalue weighted by molar-refractivity contribution is 0.151. The fraction of sp³-hybridized carbons (Fsp3) is 0.625. The normalized spacial score (nSPS) is 16.8. The Labute approximate surface area is 120 Å². The second-order valence-corrected chi connectivity index (χ2v) is 5.48. The number of rotatable bonds is 7. The minimum atomic E-state index is -2.38. The van der Waals surface area contributed by atoms with E-state index in [4.69, 9.17) is 0 Å². The summed E-state index contributed by atoms with van der Waals surface area (Å²) < 4.78 is 25.1. The van der Waals surface area contributed by atoms with Gasteiger partial charge in [-0.05, 0) is 57.1 Å². The Hall–Kier alpha value is -1.00. The Morgan fingerprint density at radius 1 is 1.15 bits per heavy atom. The minimum absolute atomic E-state index is 0.109. The maximum absolute atomic E-state index is 12.6. The van der Waals surface area contributed by atoms with Crippen LogP contribution in [0.2, 0.25) is 0 Å². The first kappa shape index (κ1) is 15.4. The van der Waals surface area contributed by atoms with Gasteiger partial charge in [0.2, 0.25) is 0 Å². The third-order valence-corrected chi connectivity index (χ3v) is 3.81. The van der Waals surface area contributed by atoms with Crippen LogP contribution in [-0.4, -0.2) is 31.1 Å². The molecule has 1 saturated heterocycles. The van der Waals surface area contributed by atoms with Crippen LogP contribution in [0.5, 0.6) is 0 Å². The van der Waals surface area contributed by atoms with Crippen LogP contribution in [0.15, 0.2) is 24.3 Å². The third-order valence-electron chi connectivity index (χ3n) is 3.81. The Kier molecular flexibility index (Phi) is 6.40. The van der Waals surface area contributed by atoms with E-state index < -0.39 is 6.43 Å². The largest absolute Gasteiger partial charge is 0.313 e. The number of nitrogens with one attached hydrogen (secondary N) is 1. The molecule has 4 heteroatoms. The fourth-order valence-electron chi connectivity index (χ4n) is 2.68. The summed E-state index contributed by atoms with van der Waals surface area (Å²) in [4.78, 5) is 2.52. The van der Waals surface area contributed by atoms with E-state index in [9.17, 15) is 8.78 Å². The highest BCUT2D eigenvalue weighted by molar-refractivity contribution is 5.24. The van der Waals surface area contributed by atoms with Gasteiger partial charge >= 0.3 is 0 Å². The van der Waals surface area contributed by atoms with Gasteiger partial charge in [0.1, 0.15) is 0 Å². The highest BCUT2D eigenvalue weighted by Crippen LogP contribution is 2.19. The molecule has 1 N–H and O–H groups in total. The van der Waals surface area contributed by atoms with Crippen LogP contribution in [0.4, 0.5) is 8.78 Å². The molecule has 0 aliphatic carbocycles. The number of benzene rings is 1. The van der Waals surface area contributed by atoms with E-state index in [0.29, 0.717) is 6.54 Å². The quantitative estimate of drug-likeness (QED) is 0.769. The van der Waals surface area contributed by atoms with Crippen LogP contribution in [0.3, 0.4) is 0 Å².